The van der Waals surface area contributed by atoms with Crippen molar-refractivity contribution in [1.82, 2.24) is 4.90 Å². The van der Waals surface area contributed by atoms with Crippen molar-refractivity contribution in [1.29, 1.82) is 0 Å². The molecule has 0 aliphatic carbocycles. The Bertz CT molecular complexity index is 1100. The van der Waals surface area contributed by atoms with Gasteiger partial charge in [0.25, 0.3) is 0 Å². The van der Waals surface area contributed by atoms with Crippen LogP contribution in [0.15, 0.2) is 26.0 Å². The van der Waals surface area contributed by atoms with Gasteiger partial charge in [-0.1, -0.05) is 12.8 Å². The molecule has 0 radical (unpaired) electrons. The molecule has 0 atom stereocenters. The average Bonchev–Trinajstić information content (AvgIpc) is 2.88. The number of furan rings is 1. The fraction of sp³-hybridized carbons (Fsp3) is 0.478. The summed E-state index contributed by atoms with van der Waals surface area (Å²) in [5.41, 5.74) is 4.40. The summed E-state index contributed by atoms with van der Waals surface area (Å²) in [7, 11) is 0. The van der Waals surface area contributed by atoms with Crippen LogP contribution >= 0.6 is 0 Å². The third-order valence-corrected chi connectivity index (χ3v) is 6.08. The van der Waals surface area contributed by atoms with Gasteiger partial charge >= 0.3 is 5.63 Å². The first-order valence-corrected chi connectivity index (χ1v) is 10.2. The number of hydrogen-bond acceptors (Lipinski definition) is 4. The van der Waals surface area contributed by atoms with Gasteiger partial charge in [-0.3, -0.25) is 4.79 Å². The zero-order chi connectivity index (χ0) is 19.8. The summed E-state index contributed by atoms with van der Waals surface area (Å²) >= 11 is 0. The lowest BCUT2D eigenvalue weighted by atomic mass is 9.98. The monoisotopic (exact) mass is 381 g/mol. The third-order valence-electron chi connectivity index (χ3n) is 6.08. The van der Waals surface area contributed by atoms with Gasteiger partial charge in [0, 0.05) is 41.4 Å². The molecule has 28 heavy (non-hydrogen) atoms. The number of aryl methyl sites for hydroxylation is 3. The number of fused-ring (bicyclic) bond motifs is 2. The minimum absolute atomic E-state index is 0.137. The predicted molar refractivity (Wildman–Crippen MR) is 110 cm³/mol. The van der Waals surface area contributed by atoms with Crippen molar-refractivity contribution in [3.63, 3.8) is 0 Å². The molecule has 4 rings (SSSR count). The number of likely N-dealkylation sites (tertiary alicyclic amines) is 1. The van der Waals surface area contributed by atoms with Crippen molar-refractivity contribution in [3.8, 4) is 0 Å². The van der Waals surface area contributed by atoms with E-state index in [2.05, 4.69) is 0 Å². The summed E-state index contributed by atoms with van der Waals surface area (Å²) in [6.45, 7) is 7.54. The molecule has 1 amide bonds. The number of carbonyl (C=O) groups is 1. The Kier molecular flexibility index (Phi) is 5.00. The molecule has 1 aliphatic heterocycles. The van der Waals surface area contributed by atoms with Gasteiger partial charge in [-0.25, -0.2) is 4.79 Å². The Morgan fingerprint density at radius 2 is 1.71 bits per heavy atom. The van der Waals surface area contributed by atoms with Crippen molar-refractivity contribution >= 4 is 27.8 Å². The van der Waals surface area contributed by atoms with Crippen molar-refractivity contribution in [2.75, 3.05) is 13.1 Å². The van der Waals surface area contributed by atoms with Gasteiger partial charge < -0.3 is 13.7 Å². The van der Waals surface area contributed by atoms with Crippen LogP contribution in [0.4, 0.5) is 0 Å². The zero-order valence-electron chi connectivity index (χ0n) is 16.9. The highest BCUT2D eigenvalue weighted by Gasteiger charge is 2.20. The van der Waals surface area contributed by atoms with Gasteiger partial charge in [0.1, 0.15) is 11.2 Å². The number of hydrogen-bond donors (Lipinski definition) is 0. The molecular weight excluding hydrogens is 354 g/mol. The molecule has 5 heteroatoms. The van der Waals surface area contributed by atoms with E-state index in [1.54, 1.807) is 6.26 Å². The fourth-order valence-electron chi connectivity index (χ4n) is 4.32. The van der Waals surface area contributed by atoms with E-state index in [1.807, 2.05) is 31.7 Å². The maximum atomic E-state index is 12.7. The van der Waals surface area contributed by atoms with E-state index >= 15 is 0 Å². The van der Waals surface area contributed by atoms with E-state index < -0.39 is 0 Å². The Morgan fingerprint density at radius 1 is 1.00 bits per heavy atom. The first-order chi connectivity index (χ1) is 13.5. The highest BCUT2D eigenvalue weighted by molar-refractivity contribution is 5.99. The van der Waals surface area contributed by atoms with E-state index in [0.717, 1.165) is 59.0 Å². The summed E-state index contributed by atoms with van der Waals surface area (Å²) < 4.78 is 11.3. The molecule has 0 N–H and O–H groups in total. The Morgan fingerprint density at radius 3 is 2.43 bits per heavy atom. The van der Waals surface area contributed by atoms with Crippen LogP contribution < -0.4 is 5.63 Å². The predicted octanol–water partition coefficient (Wildman–Crippen LogP) is 4.80. The highest BCUT2D eigenvalue weighted by Crippen LogP contribution is 2.32. The average molecular weight is 381 g/mol. The lowest BCUT2D eigenvalue weighted by Gasteiger charge is -2.20. The summed E-state index contributed by atoms with van der Waals surface area (Å²) in [5, 5.41) is 1.96. The minimum Gasteiger partial charge on any atom is -0.464 e. The second-order valence-corrected chi connectivity index (χ2v) is 7.96. The lowest BCUT2D eigenvalue weighted by molar-refractivity contribution is -0.131. The smallest absolute Gasteiger partial charge is 0.339 e. The SMILES string of the molecule is Cc1coc2c(C)c3oc(=O)c(CCC(=O)N4CCCCCC4)c(C)c3cc12. The van der Waals surface area contributed by atoms with Gasteiger partial charge in [-0.15, -0.1) is 0 Å². The van der Waals surface area contributed by atoms with Crippen LogP contribution in [0, 0.1) is 20.8 Å². The number of amides is 1. The second-order valence-electron chi connectivity index (χ2n) is 7.96. The molecule has 0 bridgehead atoms. The number of carbonyl (C=O) groups excluding carboxylic acids is 1. The molecule has 1 aliphatic rings. The maximum Gasteiger partial charge on any atom is 0.339 e. The van der Waals surface area contributed by atoms with Gasteiger partial charge in [-0.05, 0) is 57.2 Å². The Hall–Kier alpha value is -2.56. The lowest BCUT2D eigenvalue weighted by Crippen LogP contribution is -2.32. The van der Waals surface area contributed by atoms with E-state index in [9.17, 15) is 9.59 Å². The number of rotatable bonds is 3. The van der Waals surface area contributed by atoms with Crippen LogP contribution in [0.2, 0.25) is 0 Å². The molecule has 0 spiro atoms. The quantitative estimate of drug-likeness (QED) is 0.611. The largest absolute Gasteiger partial charge is 0.464 e. The van der Waals surface area contributed by atoms with E-state index in [1.165, 1.54) is 12.8 Å². The zero-order valence-corrected chi connectivity index (χ0v) is 16.9. The van der Waals surface area contributed by atoms with Crippen molar-refractivity contribution in [2.45, 2.75) is 59.3 Å². The maximum absolute atomic E-state index is 12.7. The first kappa shape index (κ1) is 18.8. The molecule has 0 saturated carbocycles. The highest BCUT2D eigenvalue weighted by atomic mass is 16.4. The Balaban J connectivity index is 1.67. The van der Waals surface area contributed by atoms with Gasteiger partial charge in [0.15, 0.2) is 0 Å². The molecule has 1 saturated heterocycles. The van der Waals surface area contributed by atoms with Gasteiger partial charge in [0.05, 0.1) is 6.26 Å². The molecule has 0 unspecified atom stereocenters. The summed E-state index contributed by atoms with van der Waals surface area (Å²) in [6.07, 6.45) is 7.02. The van der Waals surface area contributed by atoms with E-state index in [4.69, 9.17) is 8.83 Å². The number of benzene rings is 1. The minimum atomic E-state index is -0.348. The van der Waals surface area contributed by atoms with Crippen LogP contribution in [0.5, 0.6) is 0 Å². The van der Waals surface area contributed by atoms with Crippen molar-refractivity contribution in [3.05, 3.63) is 45.0 Å². The third kappa shape index (κ3) is 3.23. The number of nitrogens with zero attached hydrogens (tertiary/aromatic N) is 1. The Labute approximate surface area is 164 Å². The van der Waals surface area contributed by atoms with E-state index in [0.29, 0.717) is 24.0 Å². The van der Waals surface area contributed by atoms with Crippen molar-refractivity contribution in [2.24, 2.45) is 0 Å². The fourth-order valence-corrected chi connectivity index (χ4v) is 4.32. The first-order valence-electron chi connectivity index (χ1n) is 10.2. The summed E-state index contributed by atoms with van der Waals surface area (Å²) in [5.74, 6) is 0.137. The van der Waals surface area contributed by atoms with Crippen molar-refractivity contribution < 1.29 is 13.6 Å². The van der Waals surface area contributed by atoms with Crippen LogP contribution in [0.25, 0.3) is 21.9 Å². The molecular formula is C23H27NO4. The van der Waals surface area contributed by atoms with Crippen LogP contribution in [-0.2, 0) is 11.2 Å². The van der Waals surface area contributed by atoms with Gasteiger partial charge in [-0.2, -0.15) is 0 Å². The molecule has 3 aromatic rings. The molecule has 3 heterocycles. The summed E-state index contributed by atoms with van der Waals surface area (Å²) in [6, 6.07) is 2.04. The van der Waals surface area contributed by atoms with Crippen LogP contribution in [0.1, 0.15) is 54.4 Å². The molecule has 148 valence electrons. The summed E-state index contributed by atoms with van der Waals surface area (Å²) in [4.78, 5) is 27.3. The standard InChI is InChI=1S/C23H27NO4/c1-14-13-27-21-16(3)22-19(12-18(14)21)15(2)17(23(26)28-22)8-9-20(25)24-10-6-4-5-7-11-24/h12-13H,4-11H2,1-3H3. The van der Waals surface area contributed by atoms with E-state index in [-0.39, 0.29) is 11.5 Å². The second kappa shape index (κ2) is 7.46. The van der Waals surface area contributed by atoms with Gasteiger partial charge in [0.2, 0.25) is 5.91 Å². The molecule has 1 fully saturated rings. The molecule has 2 aromatic heterocycles. The molecule has 1 aromatic carbocycles. The topological polar surface area (TPSA) is 63.7 Å². The molecule has 5 nitrogen and oxygen atoms in total. The van der Waals surface area contributed by atoms with Crippen LogP contribution in [0.3, 0.4) is 0 Å². The van der Waals surface area contributed by atoms with Crippen LogP contribution in [-0.4, -0.2) is 23.9 Å². The normalized spacial score (nSPS) is 15.3.